The van der Waals surface area contributed by atoms with E-state index in [0.717, 1.165) is 6.42 Å². The van der Waals surface area contributed by atoms with Crippen molar-refractivity contribution in [2.75, 3.05) is 26.4 Å². The second-order valence-corrected chi connectivity index (χ2v) is 8.64. The Balaban J connectivity index is 5.57. The third-order valence-corrected chi connectivity index (χ3v) is 8.16. The van der Waals surface area contributed by atoms with Gasteiger partial charge in [-0.1, -0.05) is 25.2 Å². The van der Waals surface area contributed by atoms with E-state index in [9.17, 15) is 9.13 Å². The summed E-state index contributed by atoms with van der Waals surface area (Å²) in [5.74, 6) is 0. The van der Waals surface area contributed by atoms with Crippen LogP contribution in [0.3, 0.4) is 0 Å². The molecule has 0 aliphatic rings. The number of unbranched alkanes of at least 4 members (excludes halogenated alkanes) is 1. The zero-order valence-corrected chi connectivity index (χ0v) is 15.6. The normalized spacial score (nSPS) is 13.0. The Morgan fingerprint density at radius 2 is 1.05 bits per heavy atom. The second-order valence-electron chi connectivity index (χ2n) is 4.19. The van der Waals surface area contributed by atoms with Crippen LogP contribution in [0.2, 0.25) is 0 Å². The van der Waals surface area contributed by atoms with Crippen LogP contribution in [-0.2, 0) is 27.2 Å². The van der Waals surface area contributed by atoms with Gasteiger partial charge in [0.2, 0.25) is 15.2 Å². The minimum absolute atomic E-state index is 0.143. The fourth-order valence-corrected chi connectivity index (χ4v) is 6.67. The number of hydrogen-bond acceptors (Lipinski definition) is 6. The van der Waals surface area contributed by atoms with Gasteiger partial charge in [-0.25, -0.2) is 0 Å². The van der Waals surface area contributed by atoms with Crippen molar-refractivity contribution < 1.29 is 27.2 Å². The molecule has 6 nitrogen and oxygen atoms in total. The minimum atomic E-state index is -3.64. The van der Waals surface area contributed by atoms with Gasteiger partial charge >= 0.3 is 0 Å². The largest absolute Gasteiger partial charge is 0.331 e. The first-order valence-corrected chi connectivity index (χ1v) is 10.7. The van der Waals surface area contributed by atoms with Crippen LogP contribution in [0.15, 0.2) is 0 Å². The molecule has 0 N–H and O–H groups in total. The van der Waals surface area contributed by atoms with Gasteiger partial charge in [-0.2, -0.15) is 6.42 Å². The van der Waals surface area contributed by atoms with Crippen molar-refractivity contribution in [3.05, 3.63) is 5.40 Å². The summed E-state index contributed by atoms with van der Waals surface area (Å²) < 4.78 is 47.3. The molecule has 0 spiro atoms. The lowest BCUT2D eigenvalue weighted by atomic mass is 10.3. The maximum absolute atomic E-state index is 13.0. The molecule has 0 amide bonds. The van der Waals surface area contributed by atoms with Crippen LogP contribution in [0.25, 0.3) is 0 Å². The van der Waals surface area contributed by atoms with Gasteiger partial charge in [-0.05, 0) is 27.7 Å². The third kappa shape index (κ3) is 6.52. The van der Waals surface area contributed by atoms with Crippen LogP contribution >= 0.6 is 15.2 Å². The lowest BCUT2D eigenvalue weighted by Crippen LogP contribution is -2.11. The van der Waals surface area contributed by atoms with E-state index in [1.807, 2.05) is 6.92 Å². The molecule has 0 saturated carbocycles. The van der Waals surface area contributed by atoms with E-state index in [1.165, 1.54) is 0 Å². The highest BCUT2D eigenvalue weighted by Crippen LogP contribution is 2.77. The molecule has 0 aromatic carbocycles. The van der Waals surface area contributed by atoms with E-state index in [-0.39, 0.29) is 31.8 Å². The van der Waals surface area contributed by atoms with Crippen molar-refractivity contribution in [2.24, 2.45) is 0 Å². The van der Waals surface area contributed by atoms with Gasteiger partial charge in [0, 0.05) is 0 Å². The van der Waals surface area contributed by atoms with E-state index in [2.05, 4.69) is 0 Å². The van der Waals surface area contributed by atoms with Gasteiger partial charge in [0.05, 0.1) is 26.4 Å². The number of rotatable bonds is 13. The van der Waals surface area contributed by atoms with Gasteiger partial charge in [0.25, 0.3) is 0 Å². The lowest BCUT2D eigenvalue weighted by molar-refractivity contribution is 0.205. The SMILES string of the molecule is CCCC[C-](P(=O)(OCC)OCC)P(=O)(OCC)OCC. The highest BCUT2D eigenvalue weighted by atomic mass is 31.2. The Morgan fingerprint density at radius 3 is 1.29 bits per heavy atom. The highest BCUT2D eigenvalue weighted by molar-refractivity contribution is 7.77. The molecule has 0 rings (SSSR count). The van der Waals surface area contributed by atoms with E-state index < -0.39 is 15.2 Å². The lowest BCUT2D eigenvalue weighted by Gasteiger charge is -2.42. The summed E-state index contributed by atoms with van der Waals surface area (Å²) in [6.07, 6.45) is 1.91. The molecule has 0 fully saturated rings. The third-order valence-electron chi connectivity index (χ3n) is 2.58. The van der Waals surface area contributed by atoms with E-state index in [1.54, 1.807) is 27.7 Å². The van der Waals surface area contributed by atoms with Crippen LogP contribution < -0.4 is 0 Å². The smallest absolute Gasteiger partial charge is 0.201 e. The fraction of sp³-hybridized carbons (Fsp3) is 0.923. The first-order chi connectivity index (χ1) is 9.94. The molecule has 0 heterocycles. The second kappa shape index (κ2) is 10.9. The van der Waals surface area contributed by atoms with Crippen LogP contribution in [0.5, 0.6) is 0 Å². The molecule has 0 radical (unpaired) electrons. The predicted molar refractivity (Wildman–Crippen MR) is 84.5 cm³/mol. The highest BCUT2D eigenvalue weighted by Gasteiger charge is 2.36. The van der Waals surface area contributed by atoms with Gasteiger partial charge in [-0.3, -0.25) is 9.13 Å². The first kappa shape index (κ1) is 21.3. The summed E-state index contributed by atoms with van der Waals surface area (Å²) in [6, 6.07) is 0. The zero-order valence-electron chi connectivity index (χ0n) is 13.8. The summed E-state index contributed by atoms with van der Waals surface area (Å²) in [5, 5.41) is 0.143. The molecule has 0 aromatic heterocycles. The monoisotopic (exact) mass is 343 g/mol. The van der Waals surface area contributed by atoms with Gasteiger partial charge in [0.1, 0.15) is 0 Å². The summed E-state index contributed by atoms with van der Waals surface area (Å²) in [4.78, 5) is 0. The molecule has 0 unspecified atom stereocenters. The predicted octanol–water partition coefficient (Wildman–Crippen LogP) is 5.20. The van der Waals surface area contributed by atoms with Crippen LogP contribution in [0.1, 0.15) is 53.9 Å². The first-order valence-electron chi connectivity index (χ1n) is 7.59. The van der Waals surface area contributed by atoms with Crippen molar-refractivity contribution in [2.45, 2.75) is 53.9 Å². The van der Waals surface area contributed by atoms with Crippen LogP contribution in [0, 0.1) is 5.40 Å². The van der Waals surface area contributed by atoms with Gasteiger partial charge < -0.3 is 18.1 Å². The standard InChI is InChI=1S/C13H29O6P2/c1-6-11-12-13(20(14,16-7-2)17-8-3)21(15,18-9-4)19-10-5/h6-12H2,1-5H3/q-1. The average molecular weight is 343 g/mol. The Morgan fingerprint density at radius 1 is 0.714 bits per heavy atom. The quantitative estimate of drug-likeness (QED) is 0.338. The maximum Gasteiger partial charge on any atom is 0.201 e. The molecule has 21 heavy (non-hydrogen) atoms. The van der Waals surface area contributed by atoms with Gasteiger partial charge in [0.15, 0.2) is 0 Å². The molecule has 0 aliphatic heterocycles. The zero-order chi connectivity index (χ0) is 16.4. The van der Waals surface area contributed by atoms with Crippen molar-refractivity contribution in [3.8, 4) is 0 Å². The Labute approximate surface area is 128 Å². The fourth-order valence-electron chi connectivity index (χ4n) is 1.81. The molecule has 0 atom stereocenters. The summed E-state index contributed by atoms with van der Waals surface area (Å²) in [5.41, 5.74) is 0. The molecule has 128 valence electrons. The summed E-state index contributed by atoms with van der Waals surface area (Å²) in [7, 11) is -7.27. The Hall–Kier alpha value is 0.300. The molecule has 0 bridgehead atoms. The number of hydrogen-bond donors (Lipinski definition) is 0. The molecular formula is C13H29O6P2-. The molecule has 0 aromatic rings. The van der Waals surface area contributed by atoms with Crippen LogP contribution in [-0.4, -0.2) is 26.4 Å². The van der Waals surface area contributed by atoms with Crippen molar-refractivity contribution in [1.82, 2.24) is 0 Å². The van der Waals surface area contributed by atoms with Crippen LogP contribution in [0.4, 0.5) is 0 Å². The summed E-state index contributed by atoms with van der Waals surface area (Å²) in [6.45, 7) is 9.67. The van der Waals surface area contributed by atoms with Gasteiger partial charge in [-0.15, -0.1) is 0 Å². The molecular weight excluding hydrogens is 314 g/mol. The van der Waals surface area contributed by atoms with Crippen molar-refractivity contribution in [1.29, 1.82) is 0 Å². The maximum atomic E-state index is 13.0. The van der Waals surface area contributed by atoms with Crippen molar-refractivity contribution >= 4 is 15.2 Å². The van der Waals surface area contributed by atoms with E-state index in [4.69, 9.17) is 18.1 Å². The molecule has 0 aliphatic carbocycles. The minimum Gasteiger partial charge on any atom is -0.331 e. The molecule has 0 saturated heterocycles. The topological polar surface area (TPSA) is 71.1 Å². The summed E-state index contributed by atoms with van der Waals surface area (Å²) >= 11 is 0. The van der Waals surface area contributed by atoms with Crippen molar-refractivity contribution in [3.63, 3.8) is 0 Å². The Kier molecular flexibility index (Phi) is 11.1. The average Bonchev–Trinajstić information content (AvgIpc) is 2.40. The molecule has 8 heteroatoms. The van der Waals surface area contributed by atoms with E-state index >= 15 is 0 Å². The Bertz CT molecular complexity index is 311. The van der Waals surface area contributed by atoms with E-state index in [0.29, 0.717) is 12.8 Å².